The van der Waals surface area contributed by atoms with Crippen molar-refractivity contribution in [3.05, 3.63) is 71.4 Å². The van der Waals surface area contributed by atoms with E-state index in [1.165, 1.54) is 5.56 Å². The lowest BCUT2D eigenvalue weighted by Crippen LogP contribution is -1.95. The number of carbonyl (C=O) groups is 1. The SMILES string of the molecule is Cc1ccc(SCc2ccccc2)c(-c2cc(C(=O)O)[nH]n2)c1. The molecule has 4 nitrogen and oxygen atoms in total. The van der Waals surface area contributed by atoms with Crippen LogP contribution >= 0.6 is 11.8 Å². The maximum Gasteiger partial charge on any atom is 0.353 e. The van der Waals surface area contributed by atoms with Gasteiger partial charge in [-0.25, -0.2) is 4.79 Å². The highest BCUT2D eigenvalue weighted by Gasteiger charge is 2.13. The molecule has 0 aliphatic rings. The Morgan fingerprint density at radius 3 is 2.65 bits per heavy atom. The lowest BCUT2D eigenvalue weighted by molar-refractivity contribution is 0.0690. The fourth-order valence-electron chi connectivity index (χ4n) is 2.27. The molecule has 5 heteroatoms. The number of benzene rings is 2. The Balaban J connectivity index is 1.89. The van der Waals surface area contributed by atoms with E-state index in [-0.39, 0.29) is 5.69 Å². The Morgan fingerprint density at radius 1 is 1.17 bits per heavy atom. The van der Waals surface area contributed by atoms with Gasteiger partial charge in [0.25, 0.3) is 0 Å². The van der Waals surface area contributed by atoms with Gasteiger partial charge in [0.05, 0.1) is 5.69 Å². The van der Waals surface area contributed by atoms with Crippen LogP contribution in [0, 0.1) is 6.92 Å². The molecule has 1 aromatic heterocycles. The number of hydrogen-bond acceptors (Lipinski definition) is 3. The average Bonchev–Trinajstić information content (AvgIpc) is 3.05. The lowest BCUT2D eigenvalue weighted by atomic mass is 10.1. The molecule has 0 unspecified atom stereocenters. The summed E-state index contributed by atoms with van der Waals surface area (Å²) in [5.74, 6) is -0.150. The van der Waals surface area contributed by atoms with Crippen LogP contribution in [0.4, 0.5) is 0 Å². The average molecular weight is 324 g/mol. The molecule has 2 aromatic carbocycles. The normalized spacial score (nSPS) is 10.7. The molecule has 0 amide bonds. The maximum absolute atomic E-state index is 11.0. The molecule has 0 aliphatic heterocycles. The van der Waals surface area contributed by atoms with E-state index in [0.29, 0.717) is 5.69 Å². The van der Waals surface area contributed by atoms with Crippen molar-refractivity contribution in [3.63, 3.8) is 0 Å². The van der Waals surface area contributed by atoms with Gasteiger partial charge < -0.3 is 5.11 Å². The summed E-state index contributed by atoms with van der Waals surface area (Å²) in [5, 5.41) is 15.8. The Hall–Kier alpha value is -2.53. The van der Waals surface area contributed by atoms with Gasteiger partial charge in [0.1, 0.15) is 5.69 Å². The van der Waals surface area contributed by atoms with Gasteiger partial charge in [-0.3, -0.25) is 5.10 Å². The Bertz CT molecular complexity index is 828. The van der Waals surface area contributed by atoms with Gasteiger partial charge >= 0.3 is 5.97 Å². The third kappa shape index (κ3) is 3.63. The van der Waals surface area contributed by atoms with E-state index < -0.39 is 5.97 Å². The predicted octanol–water partition coefficient (Wildman–Crippen LogP) is 4.38. The molecule has 0 radical (unpaired) electrons. The van der Waals surface area contributed by atoms with Gasteiger partial charge in [-0.2, -0.15) is 5.10 Å². The van der Waals surface area contributed by atoms with Gasteiger partial charge in [-0.1, -0.05) is 42.0 Å². The summed E-state index contributed by atoms with van der Waals surface area (Å²) < 4.78 is 0. The van der Waals surface area contributed by atoms with Crippen LogP contribution in [-0.4, -0.2) is 21.3 Å². The molecule has 23 heavy (non-hydrogen) atoms. The third-order valence-corrected chi connectivity index (χ3v) is 4.60. The van der Waals surface area contributed by atoms with Crippen molar-refractivity contribution in [2.75, 3.05) is 0 Å². The van der Waals surface area contributed by atoms with E-state index in [0.717, 1.165) is 21.8 Å². The van der Waals surface area contributed by atoms with Crippen molar-refractivity contribution in [3.8, 4) is 11.3 Å². The fraction of sp³-hybridized carbons (Fsp3) is 0.111. The molecule has 2 N–H and O–H groups in total. The summed E-state index contributed by atoms with van der Waals surface area (Å²) in [6.45, 7) is 2.01. The van der Waals surface area contributed by atoms with E-state index in [1.807, 2.05) is 31.2 Å². The number of H-pyrrole nitrogens is 1. The number of nitrogens with zero attached hydrogens (tertiary/aromatic N) is 1. The molecule has 0 bridgehead atoms. The van der Waals surface area contributed by atoms with Crippen LogP contribution in [0.3, 0.4) is 0 Å². The number of aryl methyl sites for hydroxylation is 1. The minimum Gasteiger partial charge on any atom is -0.477 e. The monoisotopic (exact) mass is 324 g/mol. The highest BCUT2D eigenvalue weighted by atomic mass is 32.2. The van der Waals surface area contributed by atoms with Crippen molar-refractivity contribution in [1.29, 1.82) is 0 Å². The quantitative estimate of drug-likeness (QED) is 0.684. The van der Waals surface area contributed by atoms with E-state index in [9.17, 15) is 4.79 Å². The second kappa shape index (κ2) is 6.71. The molecule has 3 rings (SSSR count). The summed E-state index contributed by atoms with van der Waals surface area (Å²) >= 11 is 1.72. The van der Waals surface area contributed by atoms with Crippen LogP contribution in [0.1, 0.15) is 21.6 Å². The predicted molar refractivity (Wildman–Crippen MR) is 91.7 cm³/mol. The van der Waals surface area contributed by atoms with Crippen LogP contribution < -0.4 is 0 Å². The largest absolute Gasteiger partial charge is 0.477 e. The first-order valence-corrected chi connectivity index (χ1v) is 8.18. The zero-order chi connectivity index (χ0) is 16.2. The number of aromatic nitrogens is 2. The summed E-state index contributed by atoms with van der Waals surface area (Å²) in [6.07, 6.45) is 0. The number of aromatic carboxylic acids is 1. The number of thioether (sulfide) groups is 1. The molecule has 0 aliphatic carbocycles. The first-order chi connectivity index (χ1) is 11.1. The van der Waals surface area contributed by atoms with Crippen LogP contribution in [0.5, 0.6) is 0 Å². The van der Waals surface area contributed by atoms with Crippen LogP contribution in [0.2, 0.25) is 0 Å². The second-order valence-corrected chi connectivity index (χ2v) is 6.26. The third-order valence-electron chi connectivity index (χ3n) is 3.46. The zero-order valence-corrected chi connectivity index (χ0v) is 13.4. The van der Waals surface area contributed by atoms with Crippen molar-refractivity contribution < 1.29 is 9.90 Å². The van der Waals surface area contributed by atoms with Gasteiger partial charge in [0.15, 0.2) is 0 Å². The minimum absolute atomic E-state index is 0.0977. The molecule has 3 aromatic rings. The second-order valence-electron chi connectivity index (χ2n) is 5.25. The van der Waals surface area contributed by atoms with Crippen molar-refractivity contribution in [1.82, 2.24) is 10.2 Å². The Labute approximate surface area is 138 Å². The molecule has 0 fully saturated rings. The van der Waals surface area contributed by atoms with Crippen molar-refractivity contribution >= 4 is 17.7 Å². The minimum atomic E-state index is -1.00. The Morgan fingerprint density at radius 2 is 1.96 bits per heavy atom. The smallest absolute Gasteiger partial charge is 0.353 e. The molecule has 0 saturated heterocycles. The standard InChI is InChI=1S/C18H16N2O2S/c1-12-7-8-17(23-11-13-5-3-2-4-6-13)14(9-12)15-10-16(18(21)22)20-19-15/h2-10H,11H2,1H3,(H,19,20)(H,21,22). The van der Waals surface area contributed by atoms with E-state index in [4.69, 9.17) is 5.11 Å². The molecule has 0 spiro atoms. The molecular weight excluding hydrogens is 308 g/mol. The molecule has 1 heterocycles. The van der Waals surface area contributed by atoms with Gasteiger partial charge in [-0.05, 0) is 30.7 Å². The van der Waals surface area contributed by atoms with Gasteiger partial charge in [0.2, 0.25) is 0 Å². The summed E-state index contributed by atoms with van der Waals surface area (Å²) in [4.78, 5) is 12.1. The molecule has 0 saturated carbocycles. The van der Waals surface area contributed by atoms with Gasteiger partial charge in [-0.15, -0.1) is 11.8 Å². The molecular formula is C18H16N2O2S. The van der Waals surface area contributed by atoms with Crippen LogP contribution in [0.15, 0.2) is 59.5 Å². The van der Waals surface area contributed by atoms with Crippen molar-refractivity contribution in [2.24, 2.45) is 0 Å². The van der Waals surface area contributed by atoms with E-state index >= 15 is 0 Å². The highest BCUT2D eigenvalue weighted by molar-refractivity contribution is 7.98. The number of nitrogens with one attached hydrogen (secondary N) is 1. The van der Waals surface area contributed by atoms with Crippen molar-refractivity contribution in [2.45, 2.75) is 17.6 Å². The first-order valence-electron chi connectivity index (χ1n) is 7.20. The summed E-state index contributed by atoms with van der Waals surface area (Å²) in [7, 11) is 0. The molecule has 116 valence electrons. The highest BCUT2D eigenvalue weighted by Crippen LogP contribution is 2.33. The zero-order valence-electron chi connectivity index (χ0n) is 12.6. The van der Waals surface area contributed by atoms with Crippen LogP contribution in [0.25, 0.3) is 11.3 Å². The van der Waals surface area contributed by atoms with E-state index in [1.54, 1.807) is 17.8 Å². The first kappa shape index (κ1) is 15.4. The maximum atomic E-state index is 11.0. The van der Waals surface area contributed by atoms with E-state index in [2.05, 4.69) is 34.5 Å². The number of carboxylic acids is 1. The number of aromatic amines is 1. The number of rotatable bonds is 5. The van der Waals surface area contributed by atoms with Gasteiger partial charge in [0, 0.05) is 16.2 Å². The summed E-state index contributed by atoms with van der Waals surface area (Å²) in [5.41, 5.74) is 4.07. The summed E-state index contributed by atoms with van der Waals surface area (Å²) in [6, 6.07) is 18.0. The fourth-order valence-corrected chi connectivity index (χ4v) is 3.27. The molecule has 0 atom stereocenters. The number of carboxylic acid groups (broad SMARTS) is 1. The van der Waals surface area contributed by atoms with Crippen LogP contribution in [-0.2, 0) is 5.75 Å². The Kier molecular flexibility index (Phi) is 4.48. The number of hydrogen-bond donors (Lipinski definition) is 2. The lowest BCUT2D eigenvalue weighted by Gasteiger charge is -2.08. The topological polar surface area (TPSA) is 66.0 Å².